The molecule has 9 nitrogen and oxygen atoms in total. The van der Waals surface area contributed by atoms with Crippen molar-refractivity contribution in [3.8, 4) is 11.5 Å². The Kier molecular flexibility index (Phi) is 3.44. The molecule has 1 aromatic carbocycles. The molecule has 2 heterocycles. The van der Waals surface area contributed by atoms with Crippen LogP contribution in [-0.4, -0.2) is 29.2 Å². The monoisotopic (exact) mass is 353 g/mol. The van der Waals surface area contributed by atoms with E-state index >= 15 is 0 Å². The Hall–Kier alpha value is -2.62. The summed E-state index contributed by atoms with van der Waals surface area (Å²) < 4.78 is 15.6. The van der Waals surface area contributed by atoms with Gasteiger partial charge in [0.2, 0.25) is 18.3 Å². The molecule has 1 aromatic heterocycles. The molecule has 10 heteroatoms. The summed E-state index contributed by atoms with van der Waals surface area (Å²) in [5.41, 5.74) is 8.23. The lowest BCUT2D eigenvalue weighted by Gasteiger charge is -2.01. The predicted molar refractivity (Wildman–Crippen MR) is 74.0 cm³/mol. The summed E-state index contributed by atoms with van der Waals surface area (Å²) >= 11 is 3.36. The van der Waals surface area contributed by atoms with E-state index in [2.05, 4.69) is 41.4 Å². The number of anilines is 1. The largest absolute Gasteiger partial charge is 0.454 e. The van der Waals surface area contributed by atoms with E-state index in [0.717, 1.165) is 4.47 Å². The molecule has 0 fully saturated rings. The maximum Gasteiger partial charge on any atom is 0.297 e. The number of carbonyl (C=O) groups excluding carboxylic acids is 1. The summed E-state index contributed by atoms with van der Waals surface area (Å²) in [6, 6.07) is 3.50. The highest BCUT2D eigenvalue weighted by atomic mass is 79.9. The first-order chi connectivity index (χ1) is 10.1. The van der Waals surface area contributed by atoms with Crippen LogP contribution in [-0.2, 0) is 0 Å². The number of hydrazone groups is 1. The van der Waals surface area contributed by atoms with Crippen molar-refractivity contribution in [2.75, 3.05) is 12.5 Å². The minimum atomic E-state index is -0.621. The highest BCUT2D eigenvalue weighted by Crippen LogP contribution is 2.39. The Balaban J connectivity index is 1.71. The van der Waals surface area contributed by atoms with E-state index < -0.39 is 5.91 Å². The van der Waals surface area contributed by atoms with Crippen molar-refractivity contribution < 1.29 is 18.9 Å². The number of nitrogens with zero attached hydrogens (tertiary/aromatic N) is 3. The molecule has 0 unspecified atom stereocenters. The van der Waals surface area contributed by atoms with Crippen LogP contribution < -0.4 is 20.6 Å². The van der Waals surface area contributed by atoms with Gasteiger partial charge in [-0.25, -0.2) is 10.1 Å². The number of nitrogens with one attached hydrogen (secondary N) is 1. The van der Waals surface area contributed by atoms with Gasteiger partial charge in [-0.3, -0.25) is 4.79 Å². The number of benzene rings is 1. The summed E-state index contributed by atoms with van der Waals surface area (Å²) in [5, 5.41) is 10.5. The zero-order valence-electron chi connectivity index (χ0n) is 10.4. The van der Waals surface area contributed by atoms with E-state index in [1.54, 1.807) is 12.1 Å². The Morgan fingerprint density at radius 3 is 3.05 bits per heavy atom. The van der Waals surface area contributed by atoms with Crippen molar-refractivity contribution in [3.63, 3.8) is 0 Å². The first kappa shape index (κ1) is 13.4. The zero-order valence-corrected chi connectivity index (χ0v) is 12.0. The minimum absolute atomic E-state index is 0.103. The van der Waals surface area contributed by atoms with Gasteiger partial charge in [-0.2, -0.15) is 5.10 Å². The number of hydrogen-bond donors (Lipinski definition) is 2. The van der Waals surface area contributed by atoms with Gasteiger partial charge in [0, 0.05) is 0 Å². The van der Waals surface area contributed by atoms with Crippen LogP contribution in [0.5, 0.6) is 11.5 Å². The quantitative estimate of drug-likeness (QED) is 0.620. The Morgan fingerprint density at radius 1 is 1.43 bits per heavy atom. The lowest BCUT2D eigenvalue weighted by Crippen LogP contribution is -2.19. The average molecular weight is 354 g/mol. The van der Waals surface area contributed by atoms with E-state index in [4.69, 9.17) is 15.2 Å². The molecular formula is C11H8BrN5O4. The number of nitrogen functional groups attached to an aromatic ring is 1. The fourth-order valence-electron chi connectivity index (χ4n) is 1.63. The Bertz CT molecular complexity index is 729. The van der Waals surface area contributed by atoms with E-state index in [1.165, 1.54) is 6.21 Å². The van der Waals surface area contributed by atoms with Crippen molar-refractivity contribution in [3.05, 3.63) is 27.9 Å². The molecule has 1 aliphatic heterocycles. The predicted octanol–water partition coefficient (Wildman–Crippen LogP) is 0.907. The van der Waals surface area contributed by atoms with Gasteiger partial charge in [0.15, 0.2) is 11.5 Å². The number of nitrogens with two attached hydrogens (primary N) is 1. The van der Waals surface area contributed by atoms with E-state index in [-0.39, 0.29) is 18.3 Å². The molecule has 1 aliphatic rings. The van der Waals surface area contributed by atoms with Gasteiger partial charge in [-0.05, 0) is 43.9 Å². The second-order valence-corrected chi connectivity index (χ2v) is 4.79. The molecular weight excluding hydrogens is 346 g/mol. The SMILES string of the molecule is Nc1nonc1C(=O)N/N=C/c1cc(Br)c2c(c1)OCO2. The number of aromatic nitrogens is 2. The van der Waals surface area contributed by atoms with Gasteiger partial charge < -0.3 is 15.2 Å². The van der Waals surface area contributed by atoms with Gasteiger partial charge in [0.05, 0.1) is 10.7 Å². The van der Waals surface area contributed by atoms with Gasteiger partial charge in [0.1, 0.15) is 0 Å². The van der Waals surface area contributed by atoms with Gasteiger partial charge in [-0.1, -0.05) is 0 Å². The summed E-state index contributed by atoms with van der Waals surface area (Å²) in [6.45, 7) is 0.170. The molecule has 0 aliphatic carbocycles. The number of amides is 1. The first-order valence-electron chi connectivity index (χ1n) is 5.65. The highest BCUT2D eigenvalue weighted by molar-refractivity contribution is 9.10. The standard InChI is InChI=1S/C11H8BrN5O4/c12-6-1-5(2-7-9(6)20-4-19-7)3-14-15-11(18)8-10(13)17-21-16-8/h1-3H,4H2,(H2,13,17)(H,15,18)/b14-3+. The van der Waals surface area contributed by atoms with Crippen LogP contribution in [0.3, 0.4) is 0 Å². The minimum Gasteiger partial charge on any atom is -0.454 e. The van der Waals surface area contributed by atoms with Gasteiger partial charge in [0.25, 0.3) is 5.91 Å². The number of fused-ring (bicyclic) bond motifs is 1. The third-order valence-corrected chi connectivity index (χ3v) is 3.15. The van der Waals surface area contributed by atoms with Crippen LogP contribution in [0.25, 0.3) is 0 Å². The first-order valence-corrected chi connectivity index (χ1v) is 6.45. The number of rotatable bonds is 3. The number of carbonyl (C=O) groups is 1. The van der Waals surface area contributed by atoms with E-state index in [0.29, 0.717) is 17.1 Å². The van der Waals surface area contributed by atoms with Crippen LogP contribution >= 0.6 is 15.9 Å². The molecule has 1 amide bonds. The second kappa shape index (κ2) is 5.40. The molecule has 3 rings (SSSR count). The van der Waals surface area contributed by atoms with Crippen molar-refractivity contribution >= 4 is 33.9 Å². The smallest absolute Gasteiger partial charge is 0.297 e. The number of hydrogen-bond acceptors (Lipinski definition) is 8. The maximum atomic E-state index is 11.6. The second-order valence-electron chi connectivity index (χ2n) is 3.93. The lowest BCUT2D eigenvalue weighted by molar-refractivity contribution is 0.0946. The average Bonchev–Trinajstić information content (AvgIpc) is 3.07. The molecule has 108 valence electrons. The molecule has 0 saturated heterocycles. The molecule has 0 radical (unpaired) electrons. The molecule has 0 saturated carbocycles. The summed E-state index contributed by atoms with van der Waals surface area (Å²) in [4.78, 5) is 11.6. The van der Waals surface area contributed by atoms with E-state index in [9.17, 15) is 4.79 Å². The number of ether oxygens (including phenoxy) is 2. The van der Waals surface area contributed by atoms with Crippen LogP contribution in [0, 0.1) is 0 Å². The van der Waals surface area contributed by atoms with Gasteiger partial charge in [-0.15, -0.1) is 0 Å². The normalized spacial score (nSPS) is 12.8. The molecule has 21 heavy (non-hydrogen) atoms. The molecule has 0 bridgehead atoms. The number of halogens is 1. The molecule has 3 N–H and O–H groups in total. The van der Waals surface area contributed by atoms with Crippen LogP contribution in [0.1, 0.15) is 16.1 Å². The zero-order chi connectivity index (χ0) is 14.8. The molecule has 0 atom stereocenters. The van der Waals surface area contributed by atoms with Crippen LogP contribution in [0.2, 0.25) is 0 Å². The fraction of sp³-hybridized carbons (Fsp3) is 0.0909. The fourth-order valence-corrected chi connectivity index (χ4v) is 2.21. The third kappa shape index (κ3) is 2.65. The molecule has 2 aromatic rings. The van der Waals surface area contributed by atoms with Crippen molar-refractivity contribution in [2.24, 2.45) is 5.10 Å². The van der Waals surface area contributed by atoms with Crippen molar-refractivity contribution in [2.45, 2.75) is 0 Å². The summed E-state index contributed by atoms with van der Waals surface area (Å²) in [7, 11) is 0. The van der Waals surface area contributed by atoms with Crippen LogP contribution in [0.4, 0.5) is 5.82 Å². The lowest BCUT2D eigenvalue weighted by atomic mass is 10.2. The molecule has 0 spiro atoms. The highest BCUT2D eigenvalue weighted by Gasteiger charge is 2.18. The Labute approximate surface area is 126 Å². The maximum absolute atomic E-state index is 11.6. The van der Waals surface area contributed by atoms with Gasteiger partial charge >= 0.3 is 0 Å². The van der Waals surface area contributed by atoms with Crippen LogP contribution in [0.15, 0.2) is 26.3 Å². The topological polar surface area (TPSA) is 125 Å². The van der Waals surface area contributed by atoms with E-state index in [1.807, 2.05) is 0 Å². The third-order valence-electron chi connectivity index (χ3n) is 2.56. The Morgan fingerprint density at radius 2 is 2.29 bits per heavy atom. The summed E-state index contributed by atoms with van der Waals surface area (Å²) in [6.07, 6.45) is 1.44. The summed E-state index contributed by atoms with van der Waals surface area (Å²) in [5.74, 6) is 0.512. The van der Waals surface area contributed by atoms with Crippen molar-refractivity contribution in [1.29, 1.82) is 0 Å². The van der Waals surface area contributed by atoms with Crippen molar-refractivity contribution in [1.82, 2.24) is 15.7 Å².